The SMILES string of the molecule is CCOCC1CCN(C)C2(C1)CN(C(=O)C1Cc3ccccc3O1)C2. The molecule has 25 heavy (non-hydrogen) atoms. The van der Waals surface area contributed by atoms with Gasteiger partial charge >= 0.3 is 0 Å². The molecule has 3 aliphatic heterocycles. The summed E-state index contributed by atoms with van der Waals surface area (Å²) in [5.41, 5.74) is 1.28. The maximum Gasteiger partial charge on any atom is 0.264 e. The van der Waals surface area contributed by atoms with Crippen LogP contribution in [0.2, 0.25) is 0 Å². The molecule has 0 saturated carbocycles. The highest BCUT2D eigenvalue weighted by Gasteiger charge is 2.52. The first-order valence-corrected chi connectivity index (χ1v) is 9.43. The van der Waals surface area contributed by atoms with E-state index in [1.54, 1.807) is 0 Å². The number of ether oxygens (including phenoxy) is 2. The lowest BCUT2D eigenvalue weighted by atomic mass is 9.75. The van der Waals surface area contributed by atoms with Gasteiger partial charge < -0.3 is 14.4 Å². The Morgan fingerprint density at radius 1 is 1.36 bits per heavy atom. The molecule has 5 heteroatoms. The van der Waals surface area contributed by atoms with Gasteiger partial charge in [-0.2, -0.15) is 0 Å². The fourth-order valence-corrected chi connectivity index (χ4v) is 4.55. The van der Waals surface area contributed by atoms with Crippen LogP contribution >= 0.6 is 0 Å². The number of carbonyl (C=O) groups excluding carboxylic acids is 1. The minimum absolute atomic E-state index is 0.140. The van der Waals surface area contributed by atoms with Crippen LogP contribution in [0.1, 0.15) is 25.3 Å². The molecule has 136 valence electrons. The molecule has 0 aromatic heterocycles. The van der Waals surface area contributed by atoms with Gasteiger partial charge in [0.05, 0.1) is 5.54 Å². The minimum atomic E-state index is -0.345. The van der Waals surface area contributed by atoms with Gasteiger partial charge in [0, 0.05) is 32.7 Å². The summed E-state index contributed by atoms with van der Waals surface area (Å²) in [6.45, 7) is 6.41. The van der Waals surface area contributed by atoms with Gasteiger partial charge in [-0.3, -0.25) is 9.69 Å². The highest BCUT2D eigenvalue weighted by atomic mass is 16.5. The van der Waals surface area contributed by atoms with E-state index in [2.05, 4.69) is 11.9 Å². The second-order valence-corrected chi connectivity index (χ2v) is 7.78. The predicted octanol–water partition coefficient (Wildman–Crippen LogP) is 1.95. The number of likely N-dealkylation sites (tertiary alicyclic amines) is 2. The van der Waals surface area contributed by atoms with E-state index >= 15 is 0 Å². The Hall–Kier alpha value is -1.59. The molecule has 2 unspecified atom stereocenters. The fourth-order valence-electron chi connectivity index (χ4n) is 4.55. The lowest BCUT2D eigenvalue weighted by Crippen LogP contribution is -2.73. The molecule has 2 saturated heterocycles. The van der Waals surface area contributed by atoms with Crippen LogP contribution in [0.25, 0.3) is 0 Å². The largest absolute Gasteiger partial charge is 0.480 e. The molecule has 3 aliphatic rings. The van der Waals surface area contributed by atoms with E-state index in [1.165, 1.54) is 6.42 Å². The van der Waals surface area contributed by atoms with Crippen molar-refractivity contribution in [3.8, 4) is 5.75 Å². The van der Waals surface area contributed by atoms with Crippen molar-refractivity contribution in [3.05, 3.63) is 29.8 Å². The van der Waals surface area contributed by atoms with Gasteiger partial charge in [0.25, 0.3) is 5.91 Å². The van der Waals surface area contributed by atoms with E-state index < -0.39 is 0 Å². The van der Waals surface area contributed by atoms with E-state index in [0.29, 0.717) is 12.3 Å². The first-order chi connectivity index (χ1) is 12.1. The minimum Gasteiger partial charge on any atom is -0.480 e. The van der Waals surface area contributed by atoms with Gasteiger partial charge in [-0.15, -0.1) is 0 Å². The zero-order valence-corrected chi connectivity index (χ0v) is 15.2. The molecule has 2 atom stereocenters. The first kappa shape index (κ1) is 16.9. The number of piperidine rings is 1. The van der Waals surface area contributed by atoms with Crippen molar-refractivity contribution in [2.45, 2.75) is 37.8 Å². The van der Waals surface area contributed by atoms with Crippen molar-refractivity contribution in [2.75, 3.05) is 39.9 Å². The molecular formula is C20H28N2O3. The molecule has 1 aromatic rings. The number of fused-ring (bicyclic) bond motifs is 1. The van der Waals surface area contributed by atoms with Crippen molar-refractivity contribution in [3.63, 3.8) is 0 Å². The van der Waals surface area contributed by atoms with E-state index in [0.717, 1.165) is 50.6 Å². The van der Waals surface area contributed by atoms with Gasteiger partial charge in [-0.25, -0.2) is 0 Å². The van der Waals surface area contributed by atoms with Crippen LogP contribution in [0.4, 0.5) is 0 Å². The standard InChI is InChI=1S/C20H28N2O3/c1-3-24-12-15-8-9-21(2)20(11-15)13-22(14-20)19(23)18-10-16-6-4-5-7-17(16)25-18/h4-7,15,18H,3,8-14H2,1-2H3. The van der Waals surface area contributed by atoms with Crippen LogP contribution in [0, 0.1) is 5.92 Å². The first-order valence-electron chi connectivity index (χ1n) is 9.43. The summed E-state index contributed by atoms with van der Waals surface area (Å²) in [7, 11) is 2.20. The lowest BCUT2D eigenvalue weighted by Gasteiger charge is -2.58. The van der Waals surface area contributed by atoms with E-state index in [4.69, 9.17) is 9.47 Å². The van der Waals surface area contributed by atoms with Crippen LogP contribution in [0.15, 0.2) is 24.3 Å². The number of likely N-dealkylation sites (N-methyl/N-ethyl adjacent to an activating group) is 1. The van der Waals surface area contributed by atoms with Crippen molar-refractivity contribution >= 4 is 5.91 Å². The Labute approximate surface area is 149 Å². The van der Waals surface area contributed by atoms with Gasteiger partial charge in [0.2, 0.25) is 0 Å². The van der Waals surface area contributed by atoms with Crippen molar-refractivity contribution in [1.29, 1.82) is 0 Å². The molecule has 2 fully saturated rings. The van der Waals surface area contributed by atoms with Crippen LogP contribution < -0.4 is 4.74 Å². The Balaban J connectivity index is 1.35. The highest BCUT2D eigenvalue weighted by molar-refractivity contribution is 5.83. The fraction of sp³-hybridized carbons (Fsp3) is 0.650. The lowest BCUT2D eigenvalue weighted by molar-refractivity contribution is -0.157. The Morgan fingerprint density at radius 3 is 2.92 bits per heavy atom. The van der Waals surface area contributed by atoms with Gasteiger partial charge in [-0.1, -0.05) is 18.2 Å². The normalized spacial score (nSPS) is 27.7. The van der Waals surface area contributed by atoms with Gasteiger partial charge in [0.1, 0.15) is 5.75 Å². The van der Waals surface area contributed by atoms with Crippen molar-refractivity contribution in [2.24, 2.45) is 5.92 Å². The third kappa shape index (κ3) is 3.04. The topological polar surface area (TPSA) is 42.0 Å². The Kier molecular flexibility index (Phi) is 4.46. The average molecular weight is 344 g/mol. The second kappa shape index (κ2) is 6.61. The summed E-state index contributed by atoms with van der Waals surface area (Å²) >= 11 is 0. The van der Waals surface area contributed by atoms with E-state index in [9.17, 15) is 4.79 Å². The molecule has 5 nitrogen and oxygen atoms in total. The monoisotopic (exact) mass is 344 g/mol. The number of benzene rings is 1. The smallest absolute Gasteiger partial charge is 0.264 e. The summed E-state index contributed by atoms with van der Waals surface area (Å²) in [4.78, 5) is 17.3. The zero-order valence-electron chi connectivity index (χ0n) is 15.2. The molecule has 1 amide bonds. The maximum absolute atomic E-state index is 12.8. The second-order valence-electron chi connectivity index (χ2n) is 7.78. The van der Waals surface area contributed by atoms with Crippen molar-refractivity contribution in [1.82, 2.24) is 9.80 Å². The average Bonchev–Trinajstić information content (AvgIpc) is 3.03. The number of rotatable bonds is 4. The van der Waals surface area contributed by atoms with Gasteiger partial charge in [0.15, 0.2) is 6.10 Å². The van der Waals surface area contributed by atoms with Crippen LogP contribution in [-0.2, 0) is 16.0 Å². The number of nitrogens with zero attached hydrogens (tertiary/aromatic N) is 2. The summed E-state index contributed by atoms with van der Waals surface area (Å²) in [5, 5.41) is 0. The maximum atomic E-state index is 12.8. The van der Waals surface area contributed by atoms with Crippen molar-refractivity contribution < 1.29 is 14.3 Å². The molecule has 1 spiro atoms. The third-order valence-corrected chi connectivity index (χ3v) is 6.11. The number of amides is 1. The molecule has 4 rings (SSSR count). The summed E-state index contributed by atoms with van der Waals surface area (Å²) in [5.74, 6) is 1.62. The summed E-state index contributed by atoms with van der Waals surface area (Å²) in [6, 6.07) is 7.96. The molecule has 1 aromatic carbocycles. The number of para-hydroxylation sites is 1. The number of hydrogen-bond acceptors (Lipinski definition) is 4. The highest BCUT2D eigenvalue weighted by Crippen LogP contribution is 2.39. The van der Waals surface area contributed by atoms with E-state index in [1.807, 2.05) is 36.1 Å². The molecular weight excluding hydrogens is 316 g/mol. The predicted molar refractivity (Wildman–Crippen MR) is 95.7 cm³/mol. The molecule has 0 aliphatic carbocycles. The molecule has 0 radical (unpaired) electrons. The number of carbonyl (C=O) groups is 1. The van der Waals surface area contributed by atoms with Crippen LogP contribution in [0.3, 0.4) is 0 Å². The quantitative estimate of drug-likeness (QED) is 0.837. The summed E-state index contributed by atoms with van der Waals surface area (Å²) < 4.78 is 11.5. The third-order valence-electron chi connectivity index (χ3n) is 6.11. The van der Waals surface area contributed by atoms with Crippen LogP contribution in [-0.4, -0.2) is 67.2 Å². The Morgan fingerprint density at radius 2 is 2.16 bits per heavy atom. The number of hydrogen-bond donors (Lipinski definition) is 0. The molecule has 3 heterocycles. The van der Waals surface area contributed by atoms with Gasteiger partial charge in [-0.05, 0) is 50.9 Å². The zero-order chi connectivity index (χ0) is 17.4. The summed E-state index contributed by atoms with van der Waals surface area (Å²) in [6.07, 6.45) is 2.66. The van der Waals surface area contributed by atoms with E-state index in [-0.39, 0.29) is 17.6 Å². The Bertz CT molecular complexity index is 615. The molecule has 0 bridgehead atoms. The molecule has 0 N–H and O–H groups in total. The van der Waals surface area contributed by atoms with Crippen LogP contribution in [0.5, 0.6) is 5.75 Å².